The van der Waals surface area contributed by atoms with Crippen LogP contribution in [0.5, 0.6) is 0 Å². The molecule has 4 aliphatic rings. The number of hydrogen-bond donors (Lipinski definition) is 0. The summed E-state index contributed by atoms with van der Waals surface area (Å²) in [6.45, 7) is 1.60. The third kappa shape index (κ3) is 2.18. The first-order valence-electron chi connectivity index (χ1n) is 7.10. The molecule has 0 saturated heterocycles. The molecule has 21 heavy (non-hydrogen) atoms. The maximum atomic E-state index is 13.3. The largest absolute Gasteiger partial charge is 0.743 e. The molecule has 4 rings (SSSR count). The molecule has 0 aromatic rings. The molecule has 0 spiro atoms. The third-order valence-electron chi connectivity index (χ3n) is 5.62. The van der Waals surface area contributed by atoms with Crippen LogP contribution in [0.4, 0.5) is 8.78 Å². The van der Waals surface area contributed by atoms with Gasteiger partial charge in [-0.05, 0) is 62.7 Å². The van der Waals surface area contributed by atoms with E-state index in [0.717, 1.165) is 32.1 Å². The van der Waals surface area contributed by atoms with Gasteiger partial charge in [0.05, 0.1) is 0 Å². The minimum absolute atomic E-state index is 0.0251. The van der Waals surface area contributed by atoms with Gasteiger partial charge in [0.1, 0.15) is 5.60 Å². The van der Waals surface area contributed by atoms with Crippen molar-refractivity contribution in [3.63, 3.8) is 0 Å². The van der Waals surface area contributed by atoms with Crippen LogP contribution < -0.4 is 0 Å². The molecule has 5 nitrogen and oxygen atoms in total. The fourth-order valence-corrected chi connectivity index (χ4v) is 4.89. The number of halogens is 2. The molecule has 0 aromatic carbocycles. The van der Waals surface area contributed by atoms with Gasteiger partial charge in [0.2, 0.25) is 0 Å². The lowest BCUT2D eigenvalue weighted by molar-refractivity contribution is -0.215. The van der Waals surface area contributed by atoms with E-state index < -0.39 is 26.9 Å². The highest BCUT2D eigenvalue weighted by Gasteiger charge is 2.60. The number of alkyl halides is 2. The van der Waals surface area contributed by atoms with Gasteiger partial charge in [-0.25, -0.2) is 13.2 Å². The average molecular weight is 323 g/mol. The summed E-state index contributed by atoms with van der Waals surface area (Å²) in [5, 5.41) is -5.02. The molecule has 0 heterocycles. The van der Waals surface area contributed by atoms with E-state index in [1.165, 1.54) is 0 Å². The van der Waals surface area contributed by atoms with Crippen molar-refractivity contribution < 1.29 is 31.3 Å². The van der Waals surface area contributed by atoms with Gasteiger partial charge in [0, 0.05) is 0 Å². The van der Waals surface area contributed by atoms with Gasteiger partial charge in [-0.2, -0.15) is 8.78 Å². The summed E-state index contributed by atoms with van der Waals surface area (Å²) in [6.07, 6.45) is 4.39. The van der Waals surface area contributed by atoms with Crippen LogP contribution in [0, 0.1) is 23.7 Å². The van der Waals surface area contributed by atoms with E-state index in [2.05, 4.69) is 0 Å². The third-order valence-corrected chi connectivity index (χ3v) is 6.42. The first-order chi connectivity index (χ1) is 9.54. The summed E-state index contributed by atoms with van der Waals surface area (Å²) in [7, 11) is -6.06. The molecule has 0 N–H and O–H groups in total. The van der Waals surface area contributed by atoms with Crippen LogP contribution in [0.25, 0.3) is 0 Å². The minimum atomic E-state index is -6.06. The zero-order valence-corrected chi connectivity index (χ0v) is 12.4. The Morgan fingerprint density at radius 2 is 1.57 bits per heavy atom. The van der Waals surface area contributed by atoms with Crippen LogP contribution in [0.15, 0.2) is 0 Å². The van der Waals surface area contributed by atoms with E-state index in [4.69, 9.17) is 4.74 Å². The zero-order valence-electron chi connectivity index (χ0n) is 11.6. The average Bonchev–Trinajstić information content (AvgIpc) is 2.33. The van der Waals surface area contributed by atoms with E-state index in [9.17, 15) is 26.5 Å². The lowest BCUT2D eigenvalue weighted by atomic mass is 9.50. The molecule has 4 bridgehead atoms. The molecule has 120 valence electrons. The predicted molar refractivity (Wildman–Crippen MR) is 66.2 cm³/mol. The van der Waals surface area contributed by atoms with Crippen LogP contribution >= 0.6 is 0 Å². The van der Waals surface area contributed by atoms with Gasteiger partial charge < -0.3 is 9.29 Å². The molecule has 0 unspecified atom stereocenters. The Morgan fingerprint density at radius 1 is 1.14 bits per heavy atom. The summed E-state index contributed by atoms with van der Waals surface area (Å²) < 4.78 is 63.2. The Morgan fingerprint density at radius 3 is 1.95 bits per heavy atom. The fourth-order valence-electron chi connectivity index (χ4n) is 4.65. The Balaban J connectivity index is 1.83. The van der Waals surface area contributed by atoms with Crippen LogP contribution in [-0.2, 0) is 19.6 Å². The highest BCUT2D eigenvalue weighted by atomic mass is 32.2. The van der Waals surface area contributed by atoms with Crippen LogP contribution in [0.1, 0.15) is 39.0 Å². The van der Waals surface area contributed by atoms with E-state index in [0.29, 0.717) is 11.8 Å². The Hall–Kier alpha value is -0.760. The van der Waals surface area contributed by atoms with Crippen molar-refractivity contribution in [1.29, 1.82) is 0 Å². The van der Waals surface area contributed by atoms with Crippen molar-refractivity contribution in [3.8, 4) is 0 Å². The smallest absolute Gasteiger partial charge is 0.428 e. The normalized spacial score (nSPS) is 42.1. The Labute approximate surface area is 121 Å². The van der Waals surface area contributed by atoms with E-state index in [-0.39, 0.29) is 11.8 Å². The molecule has 4 saturated carbocycles. The summed E-state index contributed by atoms with van der Waals surface area (Å²) in [5.74, 6) is -1.19. The highest BCUT2D eigenvalue weighted by molar-refractivity contribution is 7.87. The number of rotatable bonds is 3. The number of ether oxygens (including phenoxy) is 1. The second-order valence-corrected chi connectivity index (χ2v) is 8.27. The van der Waals surface area contributed by atoms with Crippen LogP contribution in [0.3, 0.4) is 0 Å². The number of esters is 1. The molecule has 0 amide bonds. The Bertz CT molecular complexity index is 543. The topological polar surface area (TPSA) is 83.5 Å². The molecule has 0 aromatic heterocycles. The molecule has 8 heteroatoms. The van der Waals surface area contributed by atoms with Gasteiger partial charge in [0.15, 0.2) is 10.1 Å². The summed E-state index contributed by atoms with van der Waals surface area (Å²) in [6, 6.07) is 0. The number of carbonyl (C=O) groups excluding carboxylic acids is 1. The molecule has 4 aliphatic carbocycles. The monoisotopic (exact) mass is 323 g/mol. The minimum Gasteiger partial charge on any atom is -0.743 e. The first kappa shape index (κ1) is 15.1. The molecule has 0 radical (unpaired) electrons. The quantitative estimate of drug-likeness (QED) is 0.585. The molecular formula is C13H17F2O5S-. The second-order valence-electron chi connectivity index (χ2n) is 6.85. The lowest BCUT2D eigenvalue weighted by Gasteiger charge is -2.59. The van der Waals surface area contributed by atoms with Crippen molar-refractivity contribution in [3.05, 3.63) is 0 Å². The number of carbonyl (C=O) groups is 1. The van der Waals surface area contributed by atoms with Crippen molar-refractivity contribution in [2.45, 2.75) is 49.9 Å². The standard InChI is InChI=1S/C13H18F2O5S/c1-12(20-11(16)13(14,15)21(17,18)19)9-3-7-2-8(5-9)6-10(12)4-7/h7-10H,2-6H2,1H3,(H,17,18,19)/p-1. The van der Waals surface area contributed by atoms with E-state index >= 15 is 0 Å². The van der Waals surface area contributed by atoms with Gasteiger partial charge >= 0.3 is 11.2 Å². The van der Waals surface area contributed by atoms with Crippen LogP contribution in [0.2, 0.25) is 0 Å². The Kier molecular flexibility index (Phi) is 3.16. The maximum Gasteiger partial charge on any atom is 0.428 e. The van der Waals surface area contributed by atoms with Crippen molar-refractivity contribution in [2.24, 2.45) is 23.7 Å². The van der Waals surface area contributed by atoms with Gasteiger partial charge in [-0.1, -0.05) is 0 Å². The second kappa shape index (κ2) is 4.38. The zero-order chi connectivity index (χ0) is 15.6. The SMILES string of the molecule is CC1(OC(=O)C(F)(F)S(=O)(=O)[O-])C2CC3CC(C2)CC1C3. The van der Waals surface area contributed by atoms with Crippen molar-refractivity contribution in [1.82, 2.24) is 0 Å². The van der Waals surface area contributed by atoms with Gasteiger partial charge in [-0.15, -0.1) is 0 Å². The highest BCUT2D eigenvalue weighted by Crippen LogP contribution is 2.59. The predicted octanol–water partition coefficient (Wildman–Crippen LogP) is 1.88. The molecular weight excluding hydrogens is 306 g/mol. The van der Waals surface area contributed by atoms with E-state index in [1.807, 2.05) is 0 Å². The summed E-state index contributed by atoms with van der Waals surface area (Å²) in [4.78, 5) is 11.6. The van der Waals surface area contributed by atoms with Crippen LogP contribution in [-0.4, -0.2) is 29.8 Å². The van der Waals surface area contributed by atoms with Crippen molar-refractivity contribution >= 4 is 16.1 Å². The molecule has 0 aliphatic heterocycles. The van der Waals surface area contributed by atoms with Gasteiger partial charge in [0.25, 0.3) is 0 Å². The summed E-state index contributed by atoms with van der Waals surface area (Å²) in [5.41, 5.74) is -1.08. The summed E-state index contributed by atoms with van der Waals surface area (Å²) >= 11 is 0. The van der Waals surface area contributed by atoms with E-state index in [1.54, 1.807) is 6.92 Å². The molecule has 4 fully saturated rings. The maximum absolute atomic E-state index is 13.3. The van der Waals surface area contributed by atoms with Gasteiger partial charge in [-0.3, -0.25) is 0 Å². The fraction of sp³-hybridized carbons (Fsp3) is 0.923. The first-order valence-corrected chi connectivity index (χ1v) is 8.51. The number of hydrogen-bond acceptors (Lipinski definition) is 5. The van der Waals surface area contributed by atoms with Crippen molar-refractivity contribution in [2.75, 3.05) is 0 Å². The molecule has 0 atom stereocenters. The lowest BCUT2D eigenvalue weighted by Crippen LogP contribution is -2.59.